The van der Waals surface area contributed by atoms with Crippen molar-refractivity contribution in [1.82, 2.24) is 4.90 Å². The van der Waals surface area contributed by atoms with Crippen molar-refractivity contribution in [2.75, 3.05) is 19.6 Å². The maximum absolute atomic E-state index is 12.5. The smallest absolute Gasteiger partial charge is 0.338 e. The van der Waals surface area contributed by atoms with Gasteiger partial charge in [0.1, 0.15) is 6.10 Å². The van der Waals surface area contributed by atoms with Gasteiger partial charge < -0.3 is 9.64 Å². The van der Waals surface area contributed by atoms with E-state index in [1.54, 1.807) is 0 Å². The van der Waals surface area contributed by atoms with Gasteiger partial charge in [-0.25, -0.2) is 4.79 Å². The summed E-state index contributed by atoms with van der Waals surface area (Å²) in [4.78, 5) is 24.9. The van der Waals surface area contributed by atoms with Gasteiger partial charge in [0.05, 0.1) is 10.5 Å². The van der Waals surface area contributed by atoms with E-state index < -0.39 is 10.9 Å². The molecule has 0 radical (unpaired) electrons. The number of likely N-dealkylation sites (N-methyl/N-ethyl adjacent to an activating group) is 1. The van der Waals surface area contributed by atoms with Gasteiger partial charge >= 0.3 is 5.97 Å². The van der Waals surface area contributed by atoms with Gasteiger partial charge in [-0.1, -0.05) is 44.2 Å². The van der Waals surface area contributed by atoms with Crippen LogP contribution in [0, 0.1) is 10.1 Å². The number of hydrogen-bond donors (Lipinski definition) is 0. The van der Waals surface area contributed by atoms with Crippen LogP contribution in [-0.4, -0.2) is 41.5 Å². The molecule has 27 heavy (non-hydrogen) atoms. The molecule has 0 fully saturated rings. The zero-order valence-corrected chi connectivity index (χ0v) is 16.4. The molecule has 1 unspecified atom stereocenters. The fourth-order valence-corrected chi connectivity index (χ4v) is 2.73. The molecule has 0 heterocycles. The molecule has 2 rings (SSSR count). The van der Waals surface area contributed by atoms with E-state index in [0.717, 1.165) is 18.7 Å². The quantitative estimate of drug-likeness (QED) is 0.364. The Morgan fingerprint density at radius 3 is 2.19 bits per heavy atom. The minimum absolute atomic E-state index is 0. The van der Waals surface area contributed by atoms with Gasteiger partial charge in [0, 0.05) is 25.1 Å². The fraction of sp³-hybridized carbons (Fsp3) is 0.350. The van der Waals surface area contributed by atoms with Crippen molar-refractivity contribution in [3.8, 4) is 0 Å². The average molecular weight is 393 g/mol. The summed E-state index contributed by atoms with van der Waals surface area (Å²) in [5.74, 6) is -0.465. The van der Waals surface area contributed by atoms with Crippen LogP contribution in [0.4, 0.5) is 5.69 Å². The summed E-state index contributed by atoms with van der Waals surface area (Å²) in [5, 5.41) is 10.7. The second-order valence-corrected chi connectivity index (χ2v) is 6.01. The van der Waals surface area contributed by atoms with Gasteiger partial charge in [0.2, 0.25) is 0 Å². The number of nitro groups is 1. The number of carbonyl (C=O) groups excluding carboxylic acids is 1. The summed E-state index contributed by atoms with van der Waals surface area (Å²) in [6.07, 6.45) is 0.329. The Labute approximate surface area is 165 Å². The standard InChI is InChI=1S/C20H24N2O4.ClH/c1-3-21(4-2)15-19(14-16-8-6-5-7-9-16)26-20(23)17-10-12-18(13-11-17)22(24)25;/h5-13,19H,3-4,14-15H2,1-2H3;1H. The van der Waals surface area contributed by atoms with Gasteiger partial charge in [-0.2, -0.15) is 0 Å². The predicted molar refractivity (Wildman–Crippen MR) is 107 cm³/mol. The molecule has 6 nitrogen and oxygen atoms in total. The molecule has 2 aromatic carbocycles. The predicted octanol–water partition coefficient (Wildman–Crippen LogP) is 4.13. The molecule has 0 aromatic heterocycles. The number of ether oxygens (including phenoxy) is 1. The van der Waals surface area contributed by atoms with Crippen LogP contribution >= 0.6 is 12.4 Å². The molecule has 1 atom stereocenters. The van der Waals surface area contributed by atoms with Crippen LogP contribution in [0.25, 0.3) is 0 Å². The number of benzene rings is 2. The van der Waals surface area contributed by atoms with E-state index in [9.17, 15) is 14.9 Å². The van der Waals surface area contributed by atoms with Gasteiger partial charge in [-0.3, -0.25) is 10.1 Å². The second kappa shape index (κ2) is 11.3. The first-order chi connectivity index (χ1) is 12.5. The number of hydrogen-bond acceptors (Lipinski definition) is 5. The van der Waals surface area contributed by atoms with Gasteiger partial charge in [0.15, 0.2) is 0 Å². The Balaban J connectivity index is 0.00000364. The summed E-state index contributed by atoms with van der Waals surface area (Å²) in [6.45, 7) is 6.52. The average Bonchev–Trinajstić information content (AvgIpc) is 2.66. The molecule has 0 saturated heterocycles. The van der Waals surface area contributed by atoms with E-state index in [2.05, 4.69) is 18.7 Å². The van der Waals surface area contributed by atoms with Crippen LogP contribution in [-0.2, 0) is 11.2 Å². The third-order valence-corrected chi connectivity index (χ3v) is 4.25. The van der Waals surface area contributed by atoms with Crippen LogP contribution < -0.4 is 0 Å². The minimum Gasteiger partial charge on any atom is -0.457 e. The zero-order chi connectivity index (χ0) is 18.9. The Morgan fingerprint density at radius 2 is 1.67 bits per heavy atom. The molecular weight excluding hydrogens is 368 g/mol. The number of carbonyl (C=O) groups is 1. The number of halogens is 1. The minimum atomic E-state index is -0.492. The van der Waals surface area contributed by atoms with E-state index >= 15 is 0 Å². The van der Waals surface area contributed by atoms with E-state index in [-0.39, 0.29) is 24.2 Å². The van der Waals surface area contributed by atoms with Crippen LogP contribution in [0.1, 0.15) is 29.8 Å². The van der Waals surface area contributed by atoms with Crippen molar-refractivity contribution in [3.05, 3.63) is 75.8 Å². The first-order valence-electron chi connectivity index (χ1n) is 8.75. The lowest BCUT2D eigenvalue weighted by molar-refractivity contribution is -0.384. The Morgan fingerprint density at radius 1 is 1.07 bits per heavy atom. The highest BCUT2D eigenvalue weighted by atomic mass is 35.5. The Kier molecular flexibility index (Phi) is 9.47. The summed E-state index contributed by atoms with van der Waals surface area (Å²) in [6, 6.07) is 15.4. The normalized spacial score (nSPS) is 11.5. The first-order valence-corrected chi connectivity index (χ1v) is 8.75. The SMILES string of the molecule is CCN(CC)CC(Cc1ccccc1)OC(=O)c1ccc([N+](=O)[O-])cc1.Cl. The summed E-state index contributed by atoms with van der Waals surface area (Å²) in [5.41, 5.74) is 1.36. The number of esters is 1. The molecule has 0 aliphatic carbocycles. The largest absolute Gasteiger partial charge is 0.457 e. The van der Waals surface area contributed by atoms with E-state index in [1.807, 2.05) is 30.3 Å². The molecule has 0 amide bonds. The number of nitro benzene ring substituents is 1. The van der Waals surface area contributed by atoms with Crippen molar-refractivity contribution in [2.24, 2.45) is 0 Å². The van der Waals surface area contributed by atoms with Crippen molar-refractivity contribution >= 4 is 24.1 Å². The van der Waals surface area contributed by atoms with Crippen LogP contribution in [0.15, 0.2) is 54.6 Å². The molecule has 0 spiro atoms. The second-order valence-electron chi connectivity index (χ2n) is 6.01. The summed E-state index contributed by atoms with van der Waals surface area (Å²) in [7, 11) is 0. The summed E-state index contributed by atoms with van der Waals surface area (Å²) < 4.78 is 5.72. The molecule has 7 heteroatoms. The molecule has 0 aliphatic rings. The zero-order valence-electron chi connectivity index (χ0n) is 15.5. The lowest BCUT2D eigenvalue weighted by atomic mass is 10.1. The first kappa shape index (κ1) is 22.6. The van der Waals surface area contributed by atoms with Gasteiger partial charge in [0.25, 0.3) is 5.69 Å². The van der Waals surface area contributed by atoms with E-state index in [0.29, 0.717) is 18.5 Å². The van der Waals surface area contributed by atoms with Crippen molar-refractivity contribution < 1.29 is 14.5 Å². The molecule has 0 aliphatic heterocycles. The van der Waals surface area contributed by atoms with Crippen LogP contribution in [0.2, 0.25) is 0 Å². The highest BCUT2D eigenvalue weighted by molar-refractivity contribution is 5.89. The Bertz CT molecular complexity index is 719. The van der Waals surface area contributed by atoms with Crippen molar-refractivity contribution in [1.29, 1.82) is 0 Å². The number of nitrogens with zero attached hydrogens (tertiary/aromatic N) is 2. The van der Waals surface area contributed by atoms with E-state index in [4.69, 9.17) is 4.74 Å². The van der Waals surface area contributed by atoms with Gasteiger partial charge in [-0.05, 0) is 30.8 Å². The van der Waals surface area contributed by atoms with Crippen LogP contribution in [0.3, 0.4) is 0 Å². The third-order valence-electron chi connectivity index (χ3n) is 4.25. The van der Waals surface area contributed by atoms with Crippen molar-refractivity contribution in [2.45, 2.75) is 26.4 Å². The highest BCUT2D eigenvalue weighted by Gasteiger charge is 2.19. The van der Waals surface area contributed by atoms with Crippen LogP contribution in [0.5, 0.6) is 0 Å². The lowest BCUT2D eigenvalue weighted by Gasteiger charge is -2.25. The molecular formula is C20H25ClN2O4. The van der Waals surface area contributed by atoms with E-state index in [1.165, 1.54) is 24.3 Å². The molecule has 0 bridgehead atoms. The molecule has 2 aromatic rings. The molecule has 0 N–H and O–H groups in total. The summed E-state index contributed by atoms with van der Waals surface area (Å²) >= 11 is 0. The lowest BCUT2D eigenvalue weighted by Crippen LogP contribution is -2.36. The monoisotopic (exact) mass is 392 g/mol. The molecule has 0 saturated carbocycles. The third kappa shape index (κ3) is 7.00. The number of rotatable bonds is 9. The molecule has 146 valence electrons. The fourth-order valence-electron chi connectivity index (χ4n) is 2.73. The Hall–Kier alpha value is -2.44. The van der Waals surface area contributed by atoms with Gasteiger partial charge in [-0.15, -0.1) is 12.4 Å². The maximum Gasteiger partial charge on any atom is 0.338 e. The topological polar surface area (TPSA) is 72.7 Å². The number of non-ortho nitro benzene ring substituents is 1. The van der Waals surface area contributed by atoms with Crippen molar-refractivity contribution in [3.63, 3.8) is 0 Å². The maximum atomic E-state index is 12.5. The highest BCUT2D eigenvalue weighted by Crippen LogP contribution is 2.15.